The highest BCUT2D eigenvalue weighted by atomic mass is 32.1. The molecule has 0 radical (unpaired) electrons. The lowest BCUT2D eigenvalue weighted by Gasteiger charge is -2.29. The zero-order valence-electron chi connectivity index (χ0n) is 10.5. The molecule has 94 valence electrons. The van der Waals surface area contributed by atoms with Gasteiger partial charge in [0, 0.05) is 29.1 Å². The van der Waals surface area contributed by atoms with E-state index in [1.54, 1.807) is 11.3 Å². The number of rotatable bonds is 1. The van der Waals surface area contributed by atoms with Crippen LogP contribution in [-0.2, 0) is 0 Å². The van der Waals surface area contributed by atoms with Crippen LogP contribution in [0.5, 0.6) is 5.75 Å². The predicted molar refractivity (Wildman–Crippen MR) is 72.9 cm³/mol. The van der Waals surface area contributed by atoms with Crippen molar-refractivity contribution in [1.29, 1.82) is 0 Å². The van der Waals surface area contributed by atoms with Crippen molar-refractivity contribution >= 4 is 11.3 Å². The lowest BCUT2D eigenvalue weighted by atomic mass is 9.96. The molecule has 4 heteroatoms. The lowest BCUT2D eigenvalue weighted by Crippen LogP contribution is -2.24. The van der Waals surface area contributed by atoms with Crippen LogP contribution in [0.4, 0.5) is 0 Å². The van der Waals surface area contributed by atoms with E-state index < -0.39 is 0 Å². The molecule has 1 aromatic carbocycles. The molecule has 0 bridgehead atoms. The number of fused-ring (bicyclic) bond motifs is 1. The van der Waals surface area contributed by atoms with E-state index in [1.807, 2.05) is 13.0 Å². The SMILES string of the molecule is Cc1ccc2c(c1)[C@H](N)CC(c1nc(C)cs1)O2. The van der Waals surface area contributed by atoms with E-state index in [4.69, 9.17) is 10.5 Å². The van der Waals surface area contributed by atoms with E-state index in [1.165, 1.54) is 5.56 Å². The number of ether oxygens (including phenoxy) is 1. The Labute approximate surface area is 111 Å². The molecule has 0 saturated heterocycles. The average Bonchev–Trinajstić information content (AvgIpc) is 2.77. The van der Waals surface area contributed by atoms with Gasteiger partial charge < -0.3 is 10.5 Å². The van der Waals surface area contributed by atoms with Crippen LogP contribution in [0, 0.1) is 13.8 Å². The van der Waals surface area contributed by atoms with Crippen molar-refractivity contribution in [2.75, 3.05) is 0 Å². The molecular weight excluding hydrogens is 244 g/mol. The van der Waals surface area contributed by atoms with Crippen LogP contribution in [-0.4, -0.2) is 4.98 Å². The first-order valence-corrected chi connectivity index (χ1v) is 6.96. The second kappa shape index (κ2) is 4.37. The van der Waals surface area contributed by atoms with Gasteiger partial charge in [-0.05, 0) is 19.9 Å². The van der Waals surface area contributed by atoms with Crippen molar-refractivity contribution in [3.8, 4) is 5.75 Å². The van der Waals surface area contributed by atoms with Gasteiger partial charge >= 0.3 is 0 Å². The highest BCUT2D eigenvalue weighted by Gasteiger charge is 2.28. The van der Waals surface area contributed by atoms with Gasteiger partial charge in [-0.1, -0.05) is 17.7 Å². The van der Waals surface area contributed by atoms with E-state index in [9.17, 15) is 0 Å². The molecule has 0 fully saturated rings. The topological polar surface area (TPSA) is 48.1 Å². The fourth-order valence-electron chi connectivity index (χ4n) is 2.30. The average molecular weight is 260 g/mol. The van der Waals surface area contributed by atoms with Crippen molar-refractivity contribution in [3.63, 3.8) is 0 Å². The van der Waals surface area contributed by atoms with Crippen molar-refractivity contribution in [2.45, 2.75) is 32.4 Å². The quantitative estimate of drug-likeness (QED) is 0.856. The largest absolute Gasteiger partial charge is 0.483 e. The monoisotopic (exact) mass is 260 g/mol. The first-order chi connectivity index (χ1) is 8.63. The molecule has 2 N–H and O–H groups in total. The number of hydrogen-bond donors (Lipinski definition) is 1. The molecular formula is C14H16N2OS. The number of thiazole rings is 1. The van der Waals surface area contributed by atoms with Crippen LogP contribution in [0.25, 0.3) is 0 Å². The summed E-state index contributed by atoms with van der Waals surface area (Å²) in [5, 5.41) is 3.07. The minimum absolute atomic E-state index is 0.00564. The van der Waals surface area contributed by atoms with Gasteiger partial charge in [-0.3, -0.25) is 0 Å². The number of benzene rings is 1. The summed E-state index contributed by atoms with van der Waals surface area (Å²) in [6, 6.07) is 6.21. The Kier molecular flexibility index (Phi) is 2.84. The second-order valence-corrected chi connectivity index (χ2v) is 5.71. The first-order valence-electron chi connectivity index (χ1n) is 6.08. The number of hydrogen-bond acceptors (Lipinski definition) is 4. The van der Waals surface area contributed by atoms with E-state index >= 15 is 0 Å². The van der Waals surface area contributed by atoms with Gasteiger partial charge in [0.25, 0.3) is 0 Å². The zero-order chi connectivity index (χ0) is 12.7. The maximum absolute atomic E-state index is 6.25. The third kappa shape index (κ3) is 2.02. The van der Waals surface area contributed by atoms with Crippen LogP contribution >= 0.6 is 11.3 Å². The molecule has 0 saturated carbocycles. The van der Waals surface area contributed by atoms with Crippen molar-refractivity contribution in [3.05, 3.63) is 45.4 Å². The Morgan fingerprint density at radius 3 is 2.94 bits per heavy atom. The van der Waals surface area contributed by atoms with Gasteiger partial charge in [0.1, 0.15) is 10.8 Å². The highest BCUT2D eigenvalue weighted by Crippen LogP contribution is 2.40. The summed E-state index contributed by atoms with van der Waals surface area (Å²) in [4.78, 5) is 4.50. The molecule has 3 rings (SSSR count). The highest BCUT2D eigenvalue weighted by molar-refractivity contribution is 7.09. The summed E-state index contributed by atoms with van der Waals surface area (Å²) in [5.41, 5.74) is 9.62. The Morgan fingerprint density at radius 1 is 1.39 bits per heavy atom. The summed E-state index contributed by atoms with van der Waals surface area (Å²) >= 11 is 1.64. The van der Waals surface area contributed by atoms with E-state index in [2.05, 4.69) is 29.4 Å². The van der Waals surface area contributed by atoms with Crippen molar-refractivity contribution in [1.82, 2.24) is 4.98 Å². The number of nitrogens with zero attached hydrogens (tertiary/aromatic N) is 1. The molecule has 1 aromatic heterocycles. The predicted octanol–water partition coefficient (Wildman–Crippen LogP) is 3.28. The van der Waals surface area contributed by atoms with Crippen molar-refractivity contribution in [2.24, 2.45) is 5.73 Å². The normalized spacial score (nSPS) is 22.4. The van der Waals surface area contributed by atoms with E-state index in [0.717, 1.165) is 28.4 Å². The lowest BCUT2D eigenvalue weighted by molar-refractivity contribution is 0.161. The fraction of sp³-hybridized carbons (Fsp3) is 0.357. The molecule has 1 aliphatic rings. The van der Waals surface area contributed by atoms with E-state index in [-0.39, 0.29) is 12.1 Å². The van der Waals surface area contributed by atoms with E-state index in [0.29, 0.717) is 0 Å². The smallest absolute Gasteiger partial charge is 0.152 e. The summed E-state index contributed by atoms with van der Waals surface area (Å²) in [6.07, 6.45) is 0.789. The third-order valence-electron chi connectivity index (χ3n) is 3.21. The van der Waals surface area contributed by atoms with Gasteiger partial charge in [-0.2, -0.15) is 0 Å². The van der Waals surface area contributed by atoms with Crippen LogP contribution in [0.15, 0.2) is 23.6 Å². The molecule has 0 aliphatic carbocycles. The molecule has 0 spiro atoms. The Morgan fingerprint density at radius 2 is 2.22 bits per heavy atom. The van der Waals surface area contributed by atoms with Crippen LogP contribution in [0.1, 0.15) is 40.4 Å². The van der Waals surface area contributed by atoms with Crippen LogP contribution in [0.3, 0.4) is 0 Å². The number of nitrogens with two attached hydrogens (primary N) is 1. The maximum atomic E-state index is 6.25. The molecule has 2 heterocycles. The van der Waals surface area contributed by atoms with Crippen LogP contribution in [0.2, 0.25) is 0 Å². The minimum Gasteiger partial charge on any atom is -0.483 e. The number of aryl methyl sites for hydroxylation is 2. The van der Waals surface area contributed by atoms with Crippen LogP contribution < -0.4 is 10.5 Å². The first kappa shape index (κ1) is 11.7. The summed E-state index contributed by atoms with van der Waals surface area (Å²) in [5.74, 6) is 0.900. The molecule has 1 aliphatic heterocycles. The summed E-state index contributed by atoms with van der Waals surface area (Å²) in [6.45, 7) is 4.07. The molecule has 0 amide bonds. The fourth-order valence-corrected chi connectivity index (χ4v) is 3.13. The van der Waals surface area contributed by atoms with Gasteiger partial charge in [0.2, 0.25) is 0 Å². The van der Waals surface area contributed by atoms with Gasteiger partial charge in [-0.25, -0.2) is 4.98 Å². The van der Waals surface area contributed by atoms with Crippen molar-refractivity contribution < 1.29 is 4.74 Å². The summed E-state index contributed by atoms with van der Waals surface area (Å²) < 4.78 is 6.02. The molecule has 2 atom stereocenters. The standard InChI is InChI=1S/C14H16N2OS/c1-8-3-4-12-10(5-8)11(15)6-13(17-12)14-16-9(2)7-18-14/h3-5,7,11,13H,6,15H2,1-2H3/t11-,13?/m1/s1. The number of aromatic nitrogens is 1. The molecule has 2 aromatic rings. The zero-order valence-corrected chi connectivity index (χ0v) is 11.3. The molecule has 3 nitrogen and oxygen atoms in total. The van der Waals surface area contributed by atoms with Gasteiger partial charge in [0.05, 0.1) is 0 Å². The third-order valence-corrected chi connectivity index (χ3v) is 4.27. The Hall–Kier alpha value is -1.39. The summed E-state index contributed by atoms with van der Waals surface area (Å²) in [7, 11) is 0. The Bertz CT molecular complexity index is 579. The van der Waals surface area contributed by atoms with Gasteiger partial charge in [0.15, 0.2) is 6.10 Å². The molecule has 1 unspecified atom stereocenters. The maximum Gasteiger partial charge on any atom is 0.152 e. The van der Waals surface area contributed by atoms with Gasteiger partial charge in [-0.15, -0.1) is 11.3 Å². The second-order valence-electron chi connectivity index (χ2n) is 4.82. The Balaban J connectivity index is 1.94. The molecule has 18 heavy (non-hydrogen) atoms. The minimum atomic E-state index is -0.00564.